The summed E-state index contributed by atoms with van der Waals surface area (Å²) in [7, 11) is 0. The number of aryl methyl sites for hydroxylation is 2. The van der Waals surface area contributed by atoms with Gasteiger partial charge in [0.25, 0.3) is 0 Å². The van der Waals surface area contributed by atoms with Gasteiger partial charge in [-0.05, 0) is 66.1 Å². The summed E-state index contributed by atoms with van der Waals surface area (Å²) in [6.07, 6.45) is 1.51. The molecule has 5 heteroatoms. The molecule has 5 nitrogen and oxygen atoms in total. The third-order valence-electron chi connectivity index (χ3n) is 6.01. The molecule has 0 atom stereocenters. The number of benzene rings is 3. The van der Waals surface area contributed by atoms with Crippen LogP contribution in [0.5, 0.6) is 5.75 Å². The number of ether oxygens (including phenoxy) is 2. The van der Waals surface area contributed by atoms with Gasteiger partial charge < -0.3 is 9.47 Å². The van der Waals surface area contributed by atoms with Crippen LogP contribution in [0.2, 0.25) is 0 Å². The largest absolute Gasteiger partial charge is 0.449 e. The second-order valence-corrected chi connectivity index (χ2v) is 10.00. The molecule has 0 bridgehead atoms. The van der Waals surface area contributed by atoms with Gasteiger partial charge >= 0.3 is 12.1 Å². The fraction of sp³-hybridized carbons (Fsp3) is 0.355. The van der Waals surface area contributed by atoms with Gasteiger partial charge in [0.2, 0.25) is 0 Å². The van der Waals surface area contributed by atoms with E-state index >= 15 is 0 Å². The molecule has 3 aromatic rings. The van der Waals surface area contributed by atoms with Crippen molar-refractivity contribution in [3.8, 4) is 5.75 Å². The van der Waals surface area contributed by atoms with E-state index < -0.39 is 12.1 Å². The van der Waals surface area contributed by atoms with Gasteiger partial charge in [-0.3, -0.25) is 4.90 Å². The van der Waals surface area contributed by atoms with Crippen LogP contribution in [0.25, 0.3) is 0 Å². The first-order chi connectivity index (χ1) is 17.1. The topological polar surface area (TPSA) is 55.8 Å². The molecule has 190 valence electrons. The normalized spacial score (nSPS) is 11.2. The molecule has 0 spiro atoms. The first-order valence-corrected chi connectivity index (χ1v) is 12.6. The van der Waals surface area contributed by atoms with Gasteiger partial charge in [0.1, 0.15) is 0 Å². The molecule has 0 saturated carbocycles. The minimum atomic E-state index is -0.493. The summed E-state index contributed by atoms with van der Waals surface area (Å²) in [6.45, 7) is 12.7. The smallest absolute Gasteiger partial charge is 0.414 e. The monoisotopic (exact) mass is 487 g/mol. The number of carbonyl (C=O) groups is 2. The van der Waals surface area contributed by atoms with E-state index in [1.54, 1.807) is 24.0 Å². The highest BCUT2D eigenvalue weighted by atomic mass is 16.6. The van der Waals surface area contributed by atoms with Crippen molar-refractivity contribution in [2.75, 3.05) is 11.5 Å². The second-order valence-electron chi connectivity index (χ2n) is 10.00. The van der Waals surface area contributed by atoms with Gasteiger partial charge in [-0.2, -0.15) is 0 Å². The molecule has 3 aromatic carbocycles. The number of rotatable bonds is 8. The molecule has 0 N–H and O–H groups in total. The summed E-state index contributed by atoms with van der Waals surface area (Å²) in [5.74, 6) is -0.107. The summed E-state index contributed by atoms with van der Waals surface area (Å²) >= 11 is 0. The molecule has 0 aliphatic heterocycles. The summed E-state index contributed by atoms with van der Waals surface area (Å²) in [6, 6.07) is 21.1. The number of anilines is 1. The van der Waals surface area contributed by atoms with Crippen molar-refractivity contribution in [1.29, 1.82) is 0 Å². The zero-order valence-electron chi connectivity index (χ0n) is 22.3. The Morgan fingerprint density at radius 1 is 0.889 bits per heavy atom. The molecule has 0 saturated heterocycles. The number of carbonyl (C=O) groups excluding carboxylic acids is 2. The van der Waals surface area contributed by atoms with Crippen LogP contribution in [0.15, 0.2) is 66.7 Å². The highest BCUT2D eigenvalue weighted by molar-refractivity contribution is 5.95. The Morgan fingerprint density at radius 2 is 1.56 bits per heavy atom. The molecule has 3 rings (SSSR count). The van der Waals surface area contributed by atoms with E-state index in [9.17, 15) is 9.59 Å². The third-order valence-corrected chi connectivity index (χ3v) is 6.01. The Kier molecular flexibility index (Phi) is 8.92. The van der Waals surface area contributed by atoms with E-state index in [0.717, 1.165) is 29.5 Å². The molecule has 1 amide bonds. The molecule has 0 heterocycles. The summed E-state index contributed by atoms with van der Waals surface area (Å²) < 4.78 is 11.4. The van der Waals surface area contributed by atoms with Gasteiger partial charge in [0, 0.05) is 0 Å². The van der Waals surface area contributed by atoms with Crippen LogP contribution in [-0.4, -0.2) is 18.7 Å². The molecule has 0 radical (unpaired) electrons. The fourth-order valence-electron chi connectivity index (χ4n) is 3.98. The Hall–Kier alpha value is -3.60. The Morgan fingerprint density at radius 3 is 2.14 bits per heavy atom. The maximum absolute atomic E-state index is 13.2. The predicted molar refractivity (Wildman–Crippen MR) is 145 cm³/mol. The number of amides is 1. The van der Waals surface area contributed by atoms with Crippen molar-refractivity contribution in [2.24, 2.45) is 0 Å². The van der Waals surface area contributed by atoms with E-state index in [-0.39, 0.29) is 18.6 Å². The lowest BCUT2D eigenvalue weighted by Gasteiger charge is -2.28. The molecular weight excluding hydrogens is 450 g/mol. The lowest BCUT2D eigenvalue weighted by molar-refractivity contribution is 0.0733. The maximum Gasteiger partial charge on any atom is 0.414 e. The summed E-state index contributed by atoms with van der Waals surface area (Å²) in [5, 5.41) is 0. The molecular formula is C31H37NO4. The van der Waals surface area contributed by atoms with Crippen LogP contribution in [0.4, 0.5) is 10.5 Å². The Balaban J connectivity index is 2.08. The lowest BCUT2D eigenvalue weighted by atomic mass is 9.85. The first-order valence-electron chi connectivity index (χ1n) is 12.6. The van der Waals surface area contributed by atoms with E-state index in [1.165, 1.54) is 5.56 Å². The molecule has 0 aromatic heterocycles. The zero-order chi connectivity index (χ0) is 26.3. The van der Waals surface area contributed by atoms with Crippen molar-refractivity contribution in [2.45, 2.75) is 66.3 Å². The van der Waals surface area contributed by atoms with Gasteiger partial charge in [-0.1, -0.05) is 82.6 Å². The Labute approximate surface area is 215 Å². The van der Waals surface area contributed by atoms with E-state index in [2.05, 4.69) is 27.7 Å². The Bertz CT molecular complexity index is 1180. The molecule has 0 fully saturated rings. The molecule has 0 aliphatic rings. The number of hydrogen-bond acceptors (Lipinski definition) is 4. The molecule has 0 unspecified atom stereocenters. The van der Waals surface area contributed by atoms with Crippen molar-refractivity contribution < 1.29 is 19.1 Å². The predicted octanol–water partition coefficient (Wildman–Crippen LogP) is 7.63. The first kappa shape index (κ1) is 27.0. The van der Waals surface area contributed by atoms with Crippen LogP contribution < -0.4 is 9.64 Å². The van der Waals surface area contributed by atoms with Gasteiger partial charge in [-0.25, -0.2) is 9.59 Å². The molecule has 0 aliphatic carbocycles. The third kappa shape index (κ3) is 6.75. The van der Waals surface area contributed by atoms with Gasteiger partial charge in [0.15, 0.2) is 5.75 Å². The van der Waals surface area contributed by atoms with Crippen molar-refractivity contribution in [1.82, 2.24) is 0 Å². The van der Waals surface area contributed by atoms with E-state index in [1.807, 2.05) is 61.5 Å². The minimum Gasteiger partial charge on any atom is -0.449 e. The number of hydrogen-bond donors (Lipinski definition) is 0. The highest BCUT2D eigenvalue weighted by Crippen LogP contribution is 2.39. The van der Waals surface area contributed by atoms with Crippen molar-refractivity contribution in [3.05, 3.63) is 94.5 Å². The van der Waals surface area contributed by atoms with E-state index in [0.29, 0.717) is 17.0 Å². The van der Waals surface area contributed by atoms with Crippen molar-refractivity contribution in [3.63, 3.8) is 0 Å². The van der Waals surface area contributed by atoms with Crippen LogP contribution in [0.3, 0.4) is 0 Å². The second kappa shape index (κ2) is 11.9. The van der Waals surface area contributed by atoms with E-state index in [4.69, 9.17) is 9.47 Å². The van der Waals surface area contributed by atoms with Crippen molar-refractivity contribution >= 4 is 17.7 Å². The molecule has 36 heavy (non-hydrogen) atoms. The van der Waals surface area contributed by atoms with Crippen LogP contribution in [0.1, 0.15) is 73.7 Å². The summed E-state index contributed by atoms with van der Waals surface area (Å²) in [5.41, 5.74) is 4.72. The fourth-order valence-corrected chi connectivity index (χ4v) is 3.98. The number of esters is 1. The standard InChI is InChI=1S/C31H37NO4/c1-7-12-23-15-17-25(18-16-23)29(33)36-28-22(3)19-26(31(4,5)6)20-27(28)32(30(34)35-8-2)21-24-13-10-9-11-14-24/h9-11,13-20H,7-8,12,21H2,1-6H3. The van der Waals surface area contributed by atoms with Gasteiger partial charge in [0.05, 0.1) is 24.4 Å². The quantitative estimate of drug-likeness (QED) is 0.242. The van der Waals surface area contributed by atoms with Gasteiger partial charge in [-0.15, -0.1) is 0 Å². The lowest BCUT2D eigenvalue weighted by Crippen LogP contribution is -2.32. The number of nitrogens with zero attached hydrogens (tertiary/aromatic N) is 1. The average Bonchev–Trinajstić information content (AvgIpc) is 2.84. The van der Waals surface area contributed by atoms with Crippen LogP contribution in [-0.2, 0) is 23.1 Å². The zero-order valence-corrected chi connectivity index (χ0v) is 22.3. The average molecular weight is 488 g/mol. The van der Waals surface area contributed by atoms with Crippen LogP contribution in [0, 0.1) is 6.92 Å². The maximum atomic E-state index is 13.2. The van der Waals surface area contributed by atoms with Crippen LogP contribution >= 0.6 is 0 Å². The summed E-state index contributed by atoms with van der Waals surface area (Å²) in [4.78, 5) is 27.9. The SMILES string of the molecule is CCCc1ccc(C(=O)Oc2c(C)cc(C(C)(C)C)cc2N(Cc2ccccc2)C(=O)OCC)cc1. The minimum absolute atomic E-state index is 0.176. The highest BCUT2D eigenvalue weighted by Gasteiger charge is 2.27.